The minimum atomic E-state index is -4.27. The van der Waals surface area contributed by atoms with Crippen LogP contribution in [0, 0.1) is 0 Å². The van der Waals surface area contributed by atoms with Crippen molar-refractivity contribution in [3.63, 3.8) is 0 Å². The Bertz CT molecular complexity index is 894. The fraction of sp³-hybridized carbons (Fsp3) is 0.935. The first-order chi connectivity index (χ1) is 26.6. The van der Waals surface area contributed by atoms with Crippen molar-refractivity contribution in [3.8, 4) is 0 Å². The summed E-state index contributed by atoms with van der Waals surface area (Å²) in [5.74, 6) is -0.319. The molecule has 0 aliphatic rings. The van der Waals surface area contributed by atoms with E-state index in [4.69, 9.17) is 18.5 Å². The highest BCUT2D eigenvalue weighted by Gasteiger charge is 2.26. The molecular formula is C46H93NO7P+. The highest BCUT2D eigenvalue weighted by Crippen LogP contribution is 2.43. The van der Waals surface area contributed by atoms with E-state index in [-0.39, 0.29) is 25.8 Å². The van der Waals surface area contributed by atoms with E-state index < -0.39 is 13.9 Å². The van der Waals surface area contributed by atoms with E-state index in [0.717, 1.165) is 38.5 Å². The van der Waals surface area contributed by atoms with E-state index >= 15 is 0 Å². The number of phosphoric acid groups is 1. The summed E-state index contributed by atoms with van der Waals surface area (Å²) in [7, 11) is 1.67. The van der Waals surface area contributed by atoms with Crippen molar-refractivity contribution in [3.05, 3.63) is 12.2 Å². The number of nitrogens with zero attached hydrogens (tertiary/aromatic N) is 1. The molecule has 0 heterocycles. The molecular weight excluding hydrogens is 709 g/mol. The quantitative estimate of drug-likeness (QED) is 0.0216. The van der Waals surface area contributed by atoms with E-state index in [2.05, 4.69) is 26.0 Å². The Labute approximate surface area is 341 Å². The average Bonchev–Trinajstić information content (AvgIpc) is 3.13. The first-order valence-corrected chi connectivity index (χ1v) is 24.9. The number of carbonyl (C=O) groups excluding carboxylic acids is 1. The van der Waals surface area contributed by atoms with Crippen LogP contribution in [0.15, 0.2) is 12.2 Å². The third-order valence-electron chi connectivity index (χ3n) is 10.3. The van der Waals surface area contributed by atoms with Gasteiger partial charge < -0.3 is 18.9 Å². The van der Waals surface area contributed by atoms with Crippen LogP contribution < -0.4 is 0 Å². The molecule has 0 rings (SSSR count). The van der Waals surface area contributed by atoms with Crippen LogP contribution in [0.2, 0.25) is 0 Å². The second-order valence-corrected chi connectivity index (χ2v) is 18.6. The van der Waals surface area contributed by atoms with Crippen LogP contribution in [-0.4, -0.2) is 75.6 Å². The van der Waals surface area contributed by atoms with Gasteiger partial charge in [-0.3, -0.25) is 13.8 Å². The smallest absolute Gasteiger partial charge is 0.457 e. The fourth-order valence-electron chi connectivity index (χ4n) is 6.67. The second kappa shape index (κ2) is 40.0. The highest BCUT2D eigenvalue weighted by molar-refractivity contribution is 7.47. The molecule has 9 heteroatoms. The number of hydrogen-bond acceptors (Lipinski definition) is 6. The van der Waals surface area contributed by atoms with Gasteiger partial charge in [0.2, 0.25) is 0 Å². The summed E-state index contributed by atoms with van der Waals surface area (Å²) < 4.78 is 35.0. The van der Waals surface area contributed by atoms with Gasteiger partial charge >= 0.3 is 13.8 Å². The van der Waals surface area contributed by atoms with Gasteiger partial charge in [-0.15, -0.1) is 0 Å². The number of esters is 1. The monoisotopic (exact) mass is 803 g/mol. The molecule has 0 fully saturated rings. The number of likely N-dealkylation sites (N-methyl/N-ethyl adjacent to an activating group) is 1. The molecule has 0 spiro atoms. The van der Waals surface area contributed by atoms with Crippen molar-refractivity contribution in [1.29, 1.82) is 0 Å². The first-order valence-electron chi connectivity index (χ1n) is 23.4. The van der Waals surface area contributed by atoms with Gasteiger partial charge in [0.15, 0.2) is 0 Å². The van der Waals surface area contributed by atoms with Crippen LogP contribution in [0.1, 0.15) is 219 Å². The van der Waals surface area contributed by atoms with Gasteiger partial charge in [-0.05, 0) is 38.5 Å². The second-order valence-electron chi connectivity index (χ2n) is 17.1. The normalized spacial score (nSPS) is 13.8. The van der Waals surface area contributed by atoms with Gasteiger partial charge in [0.1, 0.15) is 19.3 Å². The van der Waals surface area contributed by atoms with E-state index in [1.807, 2.05) is 21.1 Å². The molecule has 8 nitrogen and oxygen atoms in total. The Morgan fingerprint density at radius 3 is 1.40 bits per heavy atom. The van der Waals surface area contributed by atoms with Gasteiger partial charge in [-0.25, -0.2) is 4.57 Å². The summed E-state index contributed by atoms with van der Waals surface area (Å²) in [5.41, 5.74) is 0. The molecule has 0 aliphatic heterocycles. The van der Waals surface area contributed by atoms with Crippen molar-refractivity contribution in [2.24, 2.45) is 0 Å². The lowest BCUT2D eigenvalue weighted by atomic mass is 10.0. The molecule has 0 aliphatic carbocycles. The molecule has 0 radical (unpaired) electrons. The highest BCUT2D eigenvalue weighted by atomic mass is 31.2. The zero-order chi connectivity index (χ0) is 40.6. The lowest BCUT2D eigenvalue weighted by Crippen LogP contribution is -2.37. The molecule has 0 saturated heterocycles. The third kappa shape index (κ3) is 44.2. The predicted molar refractivity (Wildman–Crippen MR) is 234 cm³/mol. The van der Waals surface area contributed by atoms with Gasteiger partial charge in [0, 0.05) is 13.0 Å². The summed E-state index contributed by atoms with van der Waals surface area (Å²) in [5, 5.41) is 0. The van der Waals surface area contributed by atoms with Gasteiger partial charge in [0.05, 0.1) is 34.4 Å². The maximum Gasteiger partial charge on any atom is 0.472 e. The van der Waals surface area contributed by atoms with Crippen LogP contribution in [-0.2, 0) is 27.9 Å². The maximum absolute atomic E-state index is 12.7. The summed E-state index contributed by atoms with van der Waals surface area (Å²) in [6.45, 7) is 5.64. The number of phosphoric ester groups is 1. The number of quaternary nitrogens is 1. The average molecular weight is 803 g/mol. The minimum absolute atomic E-state index is 0.0903. The summed E-state index contributed by atoms with van der Waals surface area (Å²) in [6.07, 6.45) is 43.9. The number of ether oxygens (including phenoxy) is 2. The van der Waals surface area contributed by atoms with Gasteiger partial charge in [-0.2, -0.15) is 0 Å². The van der Waals surface area contributed by atoms with Crippen LogP contribution in [0.4, 0.5) is 0 Å². The number of carbonyl (C=O) groups is 1. The van der Waals surface area contributed by atoms with Crippen molar-refractivity contribution < 1.29 is 37.3 Å². The molecule has 0 saturated carbocycles. The van der Waals surface area contributed by atoms with Crippen molar-refractivity contribution >= 4 is 13.8 Å². The van der Waals surface area contributed by atoms with Crippen LogP contribution in [0.25, 0.3) is 0 Å². The van der Waals surface area contributed by atoms with Crippen LogP contribution >= 0.6 is 7.82 Å². The van der Waals surface area contributed by atoms with Crippen molar-refractivity contribution in [2.75, 3.05) is 54.1 Å². The lowest BCUT2D eigenvalue weighted by molar-refractivity contribution is -0.870. The Morgan fingerprint density at radius 2 is 0.945 bits per heavy atom. The summed E-state index contributed by atoms with van der Waals surface area (Å²) >= 11 is 0. The maximum atomic E-state index is 12.7. The largest absolute Gasteiger partial charge is 0.472 e. The summed E-state index contributed by atoms with van der Waals surface area (Å²) in [4.78, 5) is 22.9. The molecule has 0 bridgehead atoms. The molecule has 0 aromatic carbocycles. The van der Waals surface area contributed by atoms with E-state index in [0.29, 0.717) is 24.1 Å². The molecule has 0 aromatic rings. The lowest BCUT2D eigenvalue weighted by Gasteiger charge is -2.24. The SMILES string of the molecule is CCCCCC/C=C\CCCCCCCC(=O)OC(COCCCCCCCCCCCCCCCCCCCCCC)COP(=O)(O)OCC[N+](C)(C)C. The molecule has 2 unspecified atom stereocenters. The standard InChI is InChI=1S/C46H92NO7P/c1-6-8-10-12-14-16-18-20-21-22-23-24-25-26-28-30-32-34-36-38-41-51-43-45(44-53-55(49,50)52-42-40-47(3,4)5)54-46(48)39-37-35-33-31-29-27-19-17-15-13-11-9-7-2/h17,19,45H,6-16,18,20-44H2,1-5H3/p+1/b19-17-. The fourth-order valence-corrected chi connectivity index (χ4v) is 7.41. The van der Waals surface area contributed by atoms with Crippen molar-refractivity contribution in [1.82, 2.24) is 0 Å². The van der Waals surface area contributed by atoms with E-state index in [9.17, 15) is 14.3 Å². The molecule has 1 N–H and O–H groups in total. The number of rotatable bonds is 44. The van der Waals surface area contributed by atoms with Gasteiger partial charge in [-0.1, -0.05) is 187 Å². The number of allylic oxidation sites excluding steroid dienone is 2. The summed E-state index contributed by atoms with van der Waals surface area (Å²) in [6, 6.07) is 0. The third-order valence-corrected chi connectivity index (χ3v) is 11.3. The Hall–Kier alpha value is -0.760. The Balaban J connectivity index is 4.12. The zero-order valence-electron chi connectivity index (χ0n) is 37.2. The Morgan fingerprint density at radius 1 is 0.545 bits per heavy atom. The minimum Gasteiger partial charge on any atom is -0.457 e. The Kier molecular flexibility index (Phi) is 39.5. The van der Waals surface area contributed by atoms with Crippen LogP contribution in [0.5, 0.6) is 0 Å². The van der Waals surface area contributed by atoms with E-state index in [1.165, 1.54) is 161 Å². The van der Waals surface area contributed by atoms with Gasteiger partial charge in [0.25, 0.3) is 0 Å². The first kappa shape index (κ1) is 54.2. The molecule has 328 valence electrons. The number of unbranched alkanes of at least 4 members (excludes halogenated alkanes) is 28. The topological polar surface area (TPSA) is 91.3 Å². The number of hydrogen-bond donors (Lipinski definition) is 1. The van der Waals surface area contributed by atoms with E-state index in [1.54, 1.807) is 0 Å². The van der Waals surface area contributed by atoms with Crippen molar-refractivity contribution in [2.45, 2.75) is 225 Å². The molecule has 2 atom stereocenters. The molecule has 0 amide bonds. The predicted octanol–water partition coefficient (Wildman–Crippen LogP) is 13.8. The zero-order valence-corrected chi connectivity index (χ0v) is 38.1. The molecule has 0 aromatic heterocycles. The molecule has 55 heavy (non-hydrogen) atoms. The van der Waals surface area contributed by atoms with Crippen LogP contribution in [0.3, 0.4) is 0 Å².